The fraction of sp³-hybridized carbons (Fsp3) is 0.261. The molecule has 140 valence electrons. The molecule has 4 nitrogen and oxygen atoms in total. The summed E-state index contributed by atoms with van der Waals surface area (Å²) in [7, 11) is 0. The Kier molecular flexibility index (Phi) is 5.36. The van der Waals surface area contributed by atoms with Gasteiger partial charge in [-0.05, 0) is 62.6 Å². The monoisotopic (exact) mass is 362 g/mol. The van der Waals surface area contributed by atoms with Crippen molar-refractivity contribution in [1.82, 2.24) is 4.90 Å². The maximum atomic E-state index is 12.9. The number of benzene rings is 2. The Morgan fingerprint density at radius 1 is 1.00 bits per heavy atom. The van der Waals surface area contributed by atoms with Crippen molar-refractivity contribution < 1.29 is 14.6 Å². The number of esters is 1. The van der Waals surface area contributed by atoms with Crippen molar-refractivity contribution >= 4 is 16.7 Å². The molecule has 0 unspecified atom stereocenters. The van der Waals surface area contributed by atoms with Crippen molar-refractivity contribution in [2.24, 2.45) is 0 Å². The van der Waals surface area contributed by atoms with Gasteiger partial charge in [0, 0.05) is 17.7 Å². The maximum Gasteiger partial charge on any atom is 0.343 e. The summed E-state index contributed by atoms with van der Waals surface area (Å²) in [5.74, 6) is -0.308. The topological polar surface area (TPSA) is 52.6 Å². The van der Waals surface area contributed by atoms with Crippen LogP contribution >= 0.6 is 0 Å². The minimum atomic E-state index is -0.471. The van der Waals surface area contributed by atoms with E-state index in [0.717, 1.165) is 10.8 Å². The quantitative estimate of drug-likeness (QED) is 0.592. The molecule has 3 rings (SSSR count). The highest BCUT2D eigenvalue weighted by molar-refractivity contribution is 5.96. The molecule has 0 fully saturated rings. The number of allylic oxidation sites excluding steroid dienone is 3. The smallest absolute Gasteiger partial charge is 0.343 e. The second-order valence-corrected chi connectivity index (χ2v) is 7.16. The van der Waals surface area contributed by atoms with Crippen LogP contribution in [0.15, 0.2) is 77.9 Å². The van der Waals surface area contributed by atoms with Gasteiger partial charge in [0.05, 0.1) is 5.56 Å². The van der Waals surface area contributed by atoms with E-state index >= 15 is 0 Å². The Morgan fingerprint density at radius 2 is 1.67 bits per heavy atom. The van der Waals surface area contributed by atoms with Gasteiger partial charge in [-0.2, -0.15) is 0 Å². The van der Waals surface area contributed by atoms with Gasteiger partial charge in [-0.3, -0.25) is 0 Å². The van der Waals surface area contributed by atoms with Crippen LogP contribution in [0.4, 0.5) is 0 Å². The van der Waals surface area contributed by atoms with Crippen LogP contribution in [-0.2, 0) is 4.74 Å². The summed E-state index contributed by atoms with van der Waals surface area (Å²) < 4.78 is 5.56. The summed E-state index contributed by atoms with van der Waals surface area (Å²) in [6.45, 7) is 7.90. The van der Waals surface area contributed by atoms with Crippen LogP contribution in [0.25, 0.3) is 10.8 Å². The second kappa shape index (κ2) is 7.70. The predicted octanol–water partition coefficient (Wildman–Crippen LogP) is 4.14. The second-order valence-electron chi connectivity index (χ2n) is 7.16. The SMILES string of the molecule is CC(C)N(/C([O-])=C1\C=CC=C1OC(=O)c1ccc2ccccc2c1)C(C)C. The third kappa shape index (κ3) is 3.90. The van der Waals surface area contributed by atoms with Gasteiger partial charge < -0.3 is 14.7 Å². The molecule has 0 N–H and O–H groups in total. The molecule has 0 aliphatic heterocycles. The number of hydrogen-bond donors (Lipinski definition) is 0. The van der Waals surface area contributed by atoms with Crippen LogP contribution in [0.3, 0.4) is 0 Å². The highest BCUT2D eigenvalue weighted by Crippen LogP contribution is 2.26. The van der Waals surface area contributed by atoms with Crippen LogP contribution in [-0.4, -0.2) is 23.0 Å². The molecule has 0 amide bonds. The number of carbonyl (C=O) groups excluding carboxylic acids is 1. The van der Waals surface area contributed by atoms with Gasteiger partial charge in [0.1, 0.15) is 5.76 Å². The largest absolute Gasteiger partial charge is 0.860 e. The summed E-state index contributed by atoms with van der Waals surface area (Å²) in [6, 6.07) is 13.4. The third-order valence-corrected chi connectivity index (χ3v) is 4.54. The maximum absolute atomic E-state index is 12.9. The molecule has 0 saturated carbocycles. The van der Waals surface area contributed by atoms with Crippen molar-refractivity contribution in [2.45, 2.75) is 39.8 Å². The fourth-order valence-corrected chi connectivity index (χ4v) is 3.35. The standard InChI is InChI=1S/C23H25NO3/c1-15(2)24(16(3)4)22(25)20-10-7-11-21(20)27-23(26)19-13-12-17-8-5-6-9-18(17)14-19/h5-16,25H,1-4H3/p-1/b22-20-. The number of hydrogen-bond acceptors (Lipinski definition) is 4. The molecule has 0 heterocycles. The first kappa shape index (κ1) is 18.8. The lowest BCUT2D eigenvalue weighted by Crippen LogP contribution is -2.41. The Morgan fingerprint density at radius 3 is 2.33 bits per heavy atom. The van der Waals surface area contributed by atoms with Crippen molar-refractivity contribution in [3.05, 3.63) is 83.5 Å². The van der Waals surface area contributed by atoms with Gasteiger partial charge in [0.2, 0.25) is 0 Å². The molecule has 0 aromatic heterocycles. The summed E-state index contributed by atoms with van der Waals surface area (Å²) in [4.78, 5) is 14.4. The predicted molar refractivity (Wildman–Crippen MR) is 106 cm³/mol. The van der Waals surface area contributed by atoms with Gasteiger partial charge in [0.25, 0.3) is 0 Å². The van der Waals surface area contributed by atoms with Gasteiger partial charge >= 0.3 is 5.97 Å². The zero-order valence-corrected chi connectivity index (χ0v) is 16.1. The van der Waals surface area contributed by atoms with Crippen molar-refractivity contribution in [3.8, 4) is 0 Å². The molecule has 2 aromatic carbocycles. The van der Waals surface area contributed by atoms with Crippen LogP contribution < -0.4 is 5.11 Å². The minimum Gasteiger partial charge on any atom is -0.860 e. The lowest BCUT2D eigenvalue weighted by atomic mass is 10.1. The van der Waals surface area contributed by atoms with E-state index < -0.39 is 5.97 Å². The molecule has 0 bridgehead atoms. The molecule has 0 saturated heterocycles. The van der Waals surface area contributed by atoms with Gasteiger partial charge in [-0.1, -0.05) is 42.5 Å². The molecule has 0 spiro atoms. The fourth-order valence-electron chi connectivity index (χ4n) is 3.35. The van der Waals surface area contributed by atoms with E-state index in [-0.39, 0.29) is 18.0 Å². The average molecular weight is 362 g/mol. The molecule has 1 aliphatic carbocycles. The molecule has 0 atom stereocenters. The molecule has 0 radical (unpaired) electrons. The van der Waals surface area contributed by atoms with E-state index in [4.69, 9.17) is 4.74 Å². The Hall–Kier alpha value is -3.01. The van der Waals surface area contributed by atoms with Gasteiger partial charge in [-0.25, -0.2) is 4.79 Å². The van der Waals surface area contributed by atoms with Crippen LogP contribution in [0.1, 0.15) is 38.1 Å². The number of carbonyl (C=O) groups is 1. The number of ether oxygens (including phenoxy) is 1. The molecule has 1 aliphatic rings. The van der Waals surface area contributed by atoms with Crippen molar-refractivity contribution in [2.75, 3.05) is 0 Å². The van der Waals surface area contributed by atoms with E-state index in [1.54, 1.807) is 35.3 Å². The number of rotatable bonds is 5. The minimum absolute atomic E-state index is 0.0523. The Balaban J connectivity index is 1.85. The highest BCUT2D eigenvalue weighted by atomic mass is 16.5. The summed E-state index contributed by atoms with van der Waals surface area (Å²) in [5.41, 5.74) is 0.865. The summed E-state index contributed by atoms with van der Waals surface area (Å²) in [6.07, 6.45) is 5.09. The Labute approximate surface area is 160 Å². The summed E-state index contributed by atoms with van der Waals surface area (Å²) in [5, 5.41) is 15.0. The normalized spacial score (nSPS) is 15.4. The van der Waals surface area contributed by atoms with Crippen LogP contribution in [0.5, 0.6) is 0 Å². The Bertz CT molecular complexity index is 943. The molecular formula is C23H24NO3-. The van der Waals surface area contributed by atoms with E-state index in [9.17, 15) is 9.90 Å². The lowest BCUT2D eigenvalue weighted by molar-refractivity contribution is -0.339. The first-order valence-electron chi connectivity index (χ1n) is 9.18. The first-order chi connectivity index (χ1) is 12.9. The molecular weight excluding hydrogens is 338 g/mol. The molecule has 2 aromatic rings. The molecule has 27 heavy (non-hydrogen) atoms. The van der Waals surface area contributed by atoms with Crippen LogP contribution in [0.2, 0.25) is 0 Å². The lowest BCUT2D eigenvalue weighted by Gasteiger charge is -2.39. The van der Waals surface area contributed by atoms with E-state index in [1.807, 2.05) is 58.0 Å². The molecule has 4 heteroatoms. The number of fused-ring (bicyclic) bond motifs is 1. The zero-order chi connectivity index (χ0) is 19.6. The number of nitrogens with zero attached hydrogens (tertiary/aromatic N) is 1. The summed E-state index contributed by atoms with van der Waals surface area (Å²) >= 11 is 0. The zero-order valence-electron chi connectivity index (χ0n) is 16.1. The third-order valence-electron chi connectivity index (χ3n) is 4.54. The van der Waals surface area contributed by atoms with Gasteiger partial charge in [0.15, 0.2) is 0 Å². The van der Waals surface area contributed by atoms with E-state index in [0.29, 0.717) is 16.9 Å². The first-order valence-corrected chi connectivity index (χ1v) is 9.18. The van der Waals surface area contributed by atoms with E-state index in [1.165, 1.54) is 0 Å². The average Bonchev–Trinajstić information content (AvgIpc) is 3.08. The van der Waals surface area contributed by atoms with Crippen molar-refractivity contribution in [1.29, 1.82) is 0 Å². The van der Waals surface area contributed by atoms with Gasteiger partial charge in [-0.15, -0.1) is 0 Å². The van der Waals surface area contributed by atoms with Crippen molar-refractivity contribution in [3.63, 3.8) is 0 Å². The van der Waals surface area contributed by atoms with Crippen LogP contribution in [0, 0.1) is 0 Å². The highest BCUT2D eigenvalue weighted by Gasteiger charge is 2.20. The van der Waals surface area contributed by atoms with E-state index in [2.05, 4.69) is 0 Å².